The van der Waals surface area contributed by atoms with E-state index in [1.54, 1.807) is 0 Å². The van der Waals surface area contributed by atoms with Gasteiger partial charge in [-0.2, -0.15) is 0 Å². The minimum absolute atomic E-state index is 0.409. The minimum Gasteiger partial charge on any atom is -0.374 e. The Morgan fingerprint density at radius 1 is 1.24 bits per heavy atom. The van der Waals surface area contributed by atoms with Crippen molar-refractivity contribution in [3.63, 3.8) is 0 Å². The zero-order chi connectivity index (χ0) is 15.5. The third-order valence-corrected chi connectivity index (χ3v) is 4.73. The summed E-state index contributed by atoms with van der Waals surface area (Å²) in [6, 6.07) is 8.73. The molecule has 1 aromatic carbocycles. The van der Waals surface area contributed by atoms with E-state index >= 15 is 0 Å². The standard InChI is InChI=1S/C19H31NO/c1-14-9-18(11-19(3,4)10-14)21-13-16-5-7-17(8-6-16)15(2)12-20/h5-8,14-15,18H,9-13,20H2,1-4H3. The number of hydrogen-bond acceptors (Lipinski definition) is 2. The predicted molar refractivity (Wildman–Crippen MR) is 89.3 cm³/mol. The summed E-state index contributed by atoms with van der Waals surface area (Å²) in [7, 11) is 0. The Morgan fingerprint density at radius 3 is 2.48 bits per heavy atom. The maximum Gasteiger partial charge on any atom is 0.0720 e. The van der Waals surface area contributed by atoms with Gasteiger partial charge >= 0.3 is 0 Å². The van der Waals surface area contributed by atoms with Crippen molar-refractivity contribution in [2.75, 3.05) is 6.54 Å². The third kappa shape index (κ3) is 4.82. The fraction of sp³-hybridized carbons (Fsp3) is 0.684. The molecule has 3 unspecified atom stereocenters. The van der Waals surface area contributed by atoms with Crippen molar-refractivity contribution in [3.05, 3.63) is 35.4 Å². The largest absolute Gasteiger partial charge is 0.374 e. The van der Waals surface area contributed by atoms with Gasteiger partial charge in [0.2, 0.25) is 0 Å². The summed E-state index contributed by atoms with van der Waals surface area (Å²) < 4.78 is 6.18. The second-order valence-corrected chi connectivity index (χ2v) is 7.72. The van der Waals surface area contributed by atoms with Gasteiger partial charge in [-0.25, -0.2) is 0 Å². The highest BCUT2D eigenvalue weighted by Crippen LogP contribution is 2.39. The van der Waals surface area contributed by atoms with Crippen LogP contribution in [0.25, 0.3) is 0 Å². The molecule has 0 bridgehead atoms. The normalized spacial score (nSPS) is 26.5. The molecule has 1 fully saturated rings. The first-order chi connectivity index (χ1) is 9.89. The van der Waals surface area contributed by atoms with Crippen molar-refractivity contribution in [2.45, 2.75) is 65.6 Å². The van der Waals surface area contributed by atoms with Crippen LogP contribution in [0.3, 0.4) is 0 Å². The molecule has 1 aliphatic carbocycles. The van der Waals surface area contributed by atoms with Crippen LogP contribution in [0.1, 0.15) is 64.0 Å². The van der Waals surface area contributed by atoms with Gasteiger partial charge in [0, 0.05) is 0 Å². The van der Waals surface area contributed by atoms with E-state index in [1.165, 1.54) is 30.4 Å². The summed E-state index contributed by atoms with van der Waals surface area (Å²) in [5.74, 6) is 1.20. The van der Waals surface area contributed by atoms with Crippen LogP contribution in [0, 0.1) is 11.3 Å². The first kappa shape index (κ1) is 16.5. The summed E-state index contributed by atoms with van der Waals surface area (Å²) in [5, 5.41) is 0. The number of rotatable bonds is 5. The molecule has 0 amide bonds. The molecule has 1 saturated carbocycles. The molecule has 2 N–H and O–H groups in total. The zero-order valence-corrected chi connectivity index (χ0v) is 14.1. The van der Waals surface area contributed by atoms with Crippen LogP contribution in [-0.4, -0.2) is 12.6 Å². The molecular formula is C19H31NO. The van der Waals surface area contributed by atoms with Crippen LogP contribution >= 0.6 is 0 Å². The van der Waals surface area contributed by atoms with Crippen LogP contribution in [0.15, 0.2) is 24.3 Å². The number of benzene rings is 1. The van der Waals surface area contributed by atoms with Crippen molar-refractivity contribution in [3.8, 4) is 0 Å². The van der Waals surface area contributed by atoms with E-state index < -0.39 is 0 Å². The molecule has 0 radical (unpaired) electrons. The predicted octanol–water partition coefficient (Wildman–Crippen LogP) is 4.48. The number of hydrogen-bond donors (Lipinski definition) is 1. The Morgan fingerprint density at radius 2 is 1.90 bits per heavy atom. The first-order valence-corrected chi connectivity index (χ1v) is 8.30. The van der Waals surface area contributed by atoms with Gasteiger partial charge in [-0.15, -0.1) is 0 Å². The topological polar surface area (TPSA) is 35.2 Å². The van der Waals surface area contributed by atoms with Crippen molar-refractivity contribution < 1.29 is 4.74 Å². The fourth-order valence-corrected chi connectivity index (χ4v) is 3.68. The van der Waals surface area contributed by atoms with E-state index in [-0.39, 0.29) is 0 Å². The lowest BCUT2D eigenvalue weighted by Gasteiger charge is -2.38. The van der Waals surface area contributed by atoms with Gasteiger partial charge in [-0.3, -0.25) is 0 Å². The van der Waals surface area contributed by atoms with Crippen LogP contribution in [-0.2, 0) is 11.3 Å². The van der Waals surface area contributed by atoms with Gasteiger partial charge in [0.15, 0.2) is 0 Å². The Kier molecular flexibility index (Phi) is 5.45. The molecule has 0 saturated heterocycles. The Labute approximate surface area is 130 Å². The van der Waals surface area contributed by atoms with Gasteiger partial charge in [0.1, 0.15) is 0 Å². The highest BCUT2D eigenvalue weighted by molar-refractivity contribution is 5.24. The first-order valence-electron chi connectivity index (χ1n) is 8.30. The average molecular weight is 289 g/mol. The maximum atomic E-state index is 6.18. The van der Waals surface area contributed by atoms with Crippen molar-refractivity contribution in [1.82, 2.24) is 0 Å². The van der Waals surface area contributed by atoms with E-state index in [9.17, 15) is 0 Å². The number of ether oxygens (including phenoxy) is 1. The molecule has 21 heavy (non-hydrogen) atoms. The molecule has 0 aliphatic heterocycles. The Bertz CT molecular complexity index is 437. The van der Waals surface area contributed by atoms with E-state index in [1.807, 2.05) is 0 Å². The summed E-state index contributed by atoms with van der Waals surface area (Å²) in [5.41, 5.74) is 8.71. The maximum absolute atomic E-state index is 6.18. The molecule has 0 heterocycles. The molecule has 1 aliphatic rings. The van der Waals surface area contributed by atoms with Gasteiger partial charge in [0.25, 0.3) is 0 Å². The summed E-state index contributed by atoms with van der Waals surface area (Å²) in [6.45, 7) is 10.7. The van der Waals surface area contributed by atoms with Gasteiger partial charge in [-0.1, -0.05) is 52.0 Å². The lowest BCUT2D eigenvalue weighted by atomic mass is 9.71. The highest BCUT2D eigenvalue weighted by atomic mass is 16.5. The number of nitrogens with two attached hydrogens (primary N) is 1. The van der Waals surface area contributed by atoms with E-state index in [4.69, 9.17) is 10.5 Å². The molecule has 0 aromatic heterocycles. The Hall–Kier alpha value is -0.860. The van der Waals surface area contributed by atoms with Crippen LogP contribution in [0.4, 0.5) is 0 Å². The second kappa shape index (κ2) is 6.93. The summed E-state index contributed by atoms with van der Waals surface area (Å²) in [6.07, 6.45) is 4.11. The van der Waals surface area contributed by atoms with Gasteiger partial charge < -0.3 is 10.5 Å². The molecule has 0 spiro atoms. The minimum atomic E-state index is 0.409. The second-order valence-electron chi connectivity index (χ2n) is 7.72. The quantitative estimate of drug-likeness (QED) is 0.867. The van der Waals surface area contributed by atoms with Crippen LogP contribution < -0.4 is 5.73 Å². The SMILES string of the molecule is CC1CC(OCc2ccc(C(C)CN)cc2)CC(C)(C)C1. The van der Waals surface area contributed by atoms with E-state index in [2.05, 4.69) is 52.0 Å². The summed E-state index contributed by atoms with van der Waals surface area (Å²) in [4.78, 5) is 0. The molecule has 2 rings (SSSR count). The Balaban J connectivity index is 1.88. The third-order valence-electron chi connectivity index (χ3n) is 4.73. The smallest absolute Gasteiger partial charge is 0.0720 e. The van der Waals surface area contributed by atoms with E-state index in [0.29, 0.717) is 24.0 Å². The van der Waals surface area contributed by atoms with E-state index in [0.717, 1.165) is 12.5 Å². The van der Waals surface area contributed by atoms with Crippen molar-refractivity contribution in [2.24, 2.45) is 17.1 Å². The van der Waals surface area contributed by atoms with Gasteiger partial charge in [-0.05, 0) is 54.2 Å². The average Bonchev–Trinajstić information content (AvgIpc) is 2.43. The molecule has 2 nitrogen and oxygen atoms in total. The summed E-state index contributed by atoms with van der Waals surface area (Å²) >= 11 is 0. The highest BCUT2D eigenvalue weighted by Gasteiger charge is 2.32. The molecule has 2 heteroatoms. The molecular weight excluding hydrogens is 258 g/mol. The fourth-order valence-electron chi connectivity index (χ4n) is 3.68. The zero-order valence-electron chi connectivity index (χ0n) is 14.1. The van der Waals surface area contributed by atoms with Crippen LogP contribution in [0.5, 0.6) is 0 Å². The lowest BCUT2D eigenvalue weighted by molar-refractivity contribution is -0.0316. The monoisotopic (exact) mass is 289 g/mol. The van der Waals surface area contributed by atoms with Crippen LogP contribution in [0.2, 0.25) is 0 Å². The van der Waals surface area contributed by atoms with Crippen molar-refractivity contribution in [1.29, 1.82) is 0 Å². The van der Waals surface area contributed by atoms with Gasteiger partial charge in [0.05, 0.1) is 12.7 Å². The molecule has 1 aromatic rings. The molecule has 3 atom stereocenters. The molecule has 118 valence electrons. The van der Waals surface area contributed by atoms with Crippen molar-refractivity contribution >= 4 is 0 Å². The lowest BCUT2D eigenvalue weighted by Crippen LogP contribution is -2.32.